The van der Waals surface area contributed by atoms with E-state index in [0.717, 1.165) is 15.6 Å². The maximum absolute atomic E-state index is 13.6. The molecule has 2 aromatic rings. The van der Waals surface area contributed by atoms with Gasteiger partial charge >= 0.3 is 0 Å². The van der Waals surface area contributed by atoms with Crippen LogP contribution in [0.4, 0.5) is 4.39 Å². The second-order valence-corrected chi connectivity index (χ2v) is 5.87. The Morgan fingerprint density at radius 1 is 1.33 bits per heavy atom. The number of halogens is 3. The molecule has 0 N–H and O–H groups in total. The predicted molar refractivity (Wildman–Crippen MR) is 85.0 cm³/mol. The van der Waals surface area contributed by atoms with Gasteiger partial charge in [-0.2, -0.15) is 0 Å². The minimum Gasteiger partial charge on any atom is -0.496 e. The van der Waals surface area contributed by atoms with Crippen LogP contribution in [0.3, 0.4) is 0 Å². The SMILES string of the molecule is COc1c(C)cc(Br)c(C)c1C(=O)c1cccc(F)c1Cl. The van der Waals surface area contributed by atoms with E-state index in [1.807, 2.05) is 13.0 Å². The van der Waals surface area contributed by atoms with E-state index in [1.54, 1.807) is 6.92 Å². The topological polar surface area (TPSA) is 26.3 Å². The zero-order valence-electron chi connectivity index (χ0n) is 11.8. The summed E-state index contributed by atoms with van der Waals surface area (Å²) in [6.45, 7) is 3.64. The van der Waals surface area contributed by atoms with Crippen LogP contribution in [0.5, 0.6) is 5.75 Å². The lowest BCUT2D eigenvalue weighted by molar-refractivity contribution is 0.103. The lowest BCUT2D eigenvalue weighted by Crippen LogP contribution is -2.09. The van der Waals surface area contributed by atoms with Gasteiger partial charge in [0.25, 0.3) is 0 Å². The van der Waals surface area contributed by atoms with Crippen molar-refractivity contribution in [3.8, 4) is 5.75 Å². The number of carbonyl (C=O) groups is 1. The van der Waals surface area contributed by atoms with Gasteiger partial charge in [0.2, 0.25) is 0 Å². The molecule has 0 aromatic heterocycles. The average Bonchev–Trinajstić information content (AvgIpc) is 2.44. The van der Waals surface area contributed by atoms with E-state index in [9.17, 15) is 9.18 Å². The average molecular weight is 372 g/mol. The van der Waals surface area contributed by atoms with Crippen LogP contribution in [-0.4, -0.2) is 12.9 Å². The van der Waals surface area contributed by atoms with Crippen molar-refractivity contribution < 1.29 is 13.9 Å². The van der Waals surface area contributed by atoms with Crippen molar-refractivity contribution in [1.82, 2.24) is 0 Å². The number of hydrogen-bond acceptors (Lipinski definition) is 2. The molecule has 0 radical (unpaired) electrons. The van der Waals surface area contributed by atoms with Gasteiger partial charge < -0.3 is 4.74 Å². The molecule has 0 atom stereocenters. The molecule has 0 fully saturated rings. The number of ketones is 1. The number of methoxy groups -OCH3 is 1. The smallest absolute Gasteiger partial charge is 0.198 e. The lowest BCUT2D eigenvalue weighted by Gasteiger charge is -2.15. The van der Waals surface area contributed by atoms with E-state index in [-0.39, 0.29) is 16.4 Å². The van der Waals surface area contributed by atoms with E-state index in [0.29, 0.717) is 11.3 Å². The maximum Gasteiger partial charge on any atom is 0.198 e. The molecule has 0 saturated carbocycles. The van der Waals surface area contributed by atoms with Crippen LogP contribution in [-0.2, 0) is 0 Å². The lowest BCUT2D eigenvalue weighted by atomic mass is 9.95. The molecule has 110 valence electrons. The van der Waals surface area contributed by atoms with E-state index in [1.165, 1.54) is 25.3 Å². The fourth-order valence-corrected chi connectivity index (χ4v) is 2.95. The summed E-state index contributed by atoms with van der Waals surface area (Å²) < 4.78 is 19.7. The Bertz CT molecular complexity index is 729. The first-order valence-corrected chi connectivity index (χ1v) is 7.38. The first-order chi connectivity index (χ1) is 9.88. The minimum atomic E-state index is -0.620. The molecule has 2 rings (SSSR count). The fourth-order valence-electron chi connectivity index (χ4n) is 2.20. The van der Waals surface area contributed by atoms with Crippen LogP contribution in [0, 0.1) is 19.7 Å². The predicted octanol–water partition coefficient (Wildman–Crippen LogP) is 5.10. The summed E-state index contributed by atoms with van der Waals surface area (Å²) in [5.41, 5.74) is 2.04. The van der Waals surface area contributed by atoms with Crippen LogP contribution in [0.15, 0.2) is 28.7 Å². The third-order valence-electron chi connectivity index (χ3n) is 3.29. The third-order valence-corrected chi connectivity index (χ3v) is 4.50. The molecule has 0 amide bonds. The third kappa shape index (κ3) is 2.83. The molecular formula is C16H13BrClFO2. The summed E-state index contributed by atoms with van der Waals surface area (Å²) in [6.07, 6.45) is 0. The summed E-state index contributed by atoms with van der Waals surface area (Å²) in [7, 11) is 1.50. The van der Waals surface area contributed by atoms with Gasteiger partial charge in [0.05, 0.1) is 17.7 Å². The molecule has 2 nitrogen and oxygen atoms in total. The van der Waals surface area contributed by atoms with Crippen LogP contribution < -0.4 is 4.74 Å². The van der Waals surface area contributed by atoms with Crippen molar-refractivity contribution in [3.05, 3.63) is 61.8 Å². The summed E-state index contributed by atoms with van der Waals surface area (Å²) in [4.78, 5) is 12.8. The minimum absolute atomic E-state index is 0.121. The molecule has 0 aliphatic carbocycles. The first-order valence-electron chi connectivity index (χ1n) is 6.20. The number of hydrogen-bond donors (Lipinski definition) is 0. The Hall–Kier alpha value is -1.39. The van der Waals surface area contributed by atoms with Crippen molar-refractivity contribution in [1.29, 1.82) is 0 Å². The number of benzene rings is 2. The van der Waals surface area contributed by atoms with Gasteiger partial charge in [-0.3, -0.25) is 4.79 Å². The van der Waals surface area contributed by atoms with E-state index in [4.69, 9.17) is 16.3 Å². The normalized spacial score (nSPS) is 10.6. The summed E-state index contributed by atoms with van der Waals surface area (Å²) >= 11 is 9.34. The fraction of sp³-hybridized carbons (Fsp3) is 0.188. The molecule has 21 heavy (non-hydrogen) atoms. The maximum atomic E-state index is 13.6. The van der Waals surface area contributed by atoms with Gasteiger partial charge in [0.1, 0.15) is 11.6 Å². The zero-order chi connectivity index (χ0) is 15.7. The molecule has 0 aliphatic rings. The molecule has 0 unspecified atom stereocenters. The highest BCUT2D eigenvalue weighted by atomic mass is 79.9. The molecule has 5 heteroatoms. The van der Waals surface area contributed by atoms with Crippen molar-refractivity contribution in [2.75, 3.05) is 7.11 Å². The van der Waals surface area contributed by atoms with Crippen LogP contribution in [0.25, 0.3) is 0 Å². The Kier molecular flexibility index (Phi) is 4.69. The number of ether oxygens (including phenoxy) is 1. The molecule has 0 spiro atoms. The Morgan fingerprint density at radius 3 is 2.62 bits per heavy atom. The summed E-state index contributed by atoms with van der Waals surface area (Å²) in [5.74, 6) is -0.509. The Labute approximate surface area is 136 Å². The molecule has 0 bridgehead atoms. The van der Waals surface area contributed by atoms with Gasteiger partial charge in [0, 0.05) is 10.0 Å². The second kappa shape index (κ2) is 6.16. The number of carbonyl (C=O) groups excluding carboxylic acids is 1. The van der Waals surface area contributed by atoms with Crippen molar-refractivity contribution >= 4 is 33.3 Å². The van der Waals surface area contributed by atoms with E-state index < -0.39 is 5.82 Å². The highest BCUT2D eigenvalue weighted by molar-refractivity contribution is 9.10. The monoisotopic (exact) mass is 370 g/mol. The molecule has 0 heterocycles. The van der Waals surface area contributed by atoms with Gasteiger partial charge in [-0.25, -0.2) is 4.39 Å². The quantitative estimate of drug-likeness (QED) is 0.702. The number of rotatable bonds is 3. The van der Waals surface area contributed by atoms with Crippen molar-refractivity contribution in [2.24, 2.45) is 0 Å². The molecule has 0 saturated heterocycles. The highest BCUT2D eigenvalue weighted by Gasteiger charge is 2.23. The Morgan fingerprint density at radius 2 is 2.00 bits per heavy atom. The van der Waals surface area contributed by atoms with Gasteiger partial charge in [-0.1, -0.05) is 33.6 Å². The highest BCUT2D eigenvalue weighted by Crippen LogP contribution is 2.35. The van der Waals surface area contributed by atoms with Crippen LogP contribution in [0.1, 0.15) is 27.0 Å². The molecule has 0 aliphatic heterocycles. The van der Waals surface area contributed by atoms with E-state index in [2.05, 4.69) is 15.9 Å². The summed E-state index contributed by atoms with van der Waals surface area (Å²) in [5, 5.41) is -0.179. The van der Waals surface area contributed by atoms with E-state index >= 15 is 0 Å². The van der Waals surface area contributed by atoms with Gasteiger partial charge in [-0.05, 0) is 43.2 Å². The molecule has 2 aromatic carbocycles. The number of aryl methyl sites for hydroxylation is 1. The summed E-state index contributed by atoms with van der Waals surface area (Å²) in [6, 6.07) is 6.05. The second-order valence-electron chi connectivity index (χ2n) is 4.64. The van der Waals surface area contributed by atoms with Gasteiger partial charge in [0.15, 0.2) is 5.78 Å². The zero-order valence-corrected chi connectivity index (χ0v) is 14.1. The first kappa shape index (κ1) is 16.0. The van der Waals surface area contributed by atoms with Gasteiger partial charge in [-0.15, -0.1) is 0 Å². The molecular weight excluding hydrogens is 359 g/mol. The van der Waals surface area contributed by atoms with Crippen molar-refractivity contribution in [2.45, 2.75) is 13.8 Å². The van der Waals surface area contributed by atoms with Crippen LogP contribution in [0.2, 0.25) is 5.02 Å². The Balaban J connectivity index is 2.72. The largest absolute Gasteiger partial charge is 0.496 e. The van der Waals surface area contributed by atoms with Crippen molar-refractivity contribution in [3.63, 3.8) is 0 Å². The standard InChI is InChI=1S/C16H13BrClFO2/c1-8-7-11(17)9(2)13(16(8)21-3)15(20)10-5-4-6-12(19)14(10)18/h4-7H,1-3H3. The van der Waals surface area contributed by atoms with Crippen LogP contribution >= 0.6 is 27.5 Å².